The van der Waals surface area contributed by atoms with Gasteiger partial charge in [-0.3, -0.25) is 4.79 Å². The van der Waals surface area contributed by atoms with Crippen LogP contribution >= 0.6 is 34.7 Å². The first-order chi connectivity index (χ1) is 13.0. The second kappa shape index (κ2) is 7.78. The number of amides is 1. The van der Waals surface area contributed by atoms with E-state index >= 15 is 0 Å². The summed E-state index contributed by atoms with van der Waals surface area (Å²) < 4.78 is 0. The van der Waals surface area contributed by atoms with E-state index in [0.717, 1.165) is 34.0 Å². The summed E-state index contributed by atoms with van der Waals surface area (Å²) >= 11 is 9.41. The van der Waals surface area contributed by atoms with Gasteiger partial charge in [-0.25, -0.2) is 9.97 Å². The highest BCUT2D eigenvalue weighted by Gasteiger charge is 2.25. The lowest BCUT2D eigenvalue weighted by Gasteiger charge is -2.18. The smallest absolute Gasteiger partial charge is 0.237 e. The van der Waals surface area contributed by atoms with Crippen molar-refractivity contribution in [2.75, 3.05) is 5.32 Å². The molecule has 7 heteroatoms. The summed E-state index contributed by atoms with van der Waals surface area (Å²) in [6.45, 7) is 4.20. The molecule has 0 aliphatic heterocycles. The van der Waals surface area contributed by atoms with Gasteiger partial charge >= 0.3 is 0 Å². The lowest BCUT2D eigenvalue weighted by molar-refractivity contribution is -0.115. The maximum Gasteiger partial charge on any atom is 0.237 e. The number of halogens is 1. The molecule has 4 rings (SSSR count). The first-order valence-electron chi connectivity index (χ1n) is 9.00. The Morgan fingerprint density at radius 3 is 3.00 bits per heavy atom. The second-order valence-electron chi connectivity index (χ2n) is 6.94. The maximum atomic E-state index is 12.6. The fourth-order valence-electron chi connectivity index (χ4n) is 3.35. The predicted molar refractivity (Wildman–Crippen MR) is 114 cm³/mol. The summed E-state index contributed by atoms with van der Waals surface area (Å²) in [5.74, 6) is 0.632. The van der Waals surface area contributed by atoms with E-state index in [2.05, 4.69) is 22.2 Å². The number of carbonyl (C=O) groups is 1. The predicted octanol–water partition coefficient (Wildman–Crippen LogP) is 5.59. The number of fused-ring (bicyclic) bond motifs is 3. The van der Waals surface area contributed by atoms with E-state index in [9.17, 15) is 4.79 Å². The molecule has 0 radical (unpaired) electrons. The molecule has 1 aromatic carbocycles. The lowest BCUT2D eigenvalue weighted by atomic mass is 9.89. The molecule has 3 aromatic rings. The van der Waals surface area contributed by atoms with Crippen LogP contribution in [-0.2, 0) is 17.6 Å². The minimum Gasteiger partial charge on any atom is -0.324 e. The Bertz CT molecular complexity index is 1000. The Kier molecular flexibility index (Phi) is 5.39. The molecule has 2 heterocycles. The highest BCUT2D eigenvalue weighted by molar-refractivity contribution is 8.00. The first kappa shape index (κ1) is 18.7. The van der Waals surface area contributed by atoms with Crippen molar-refractivity contribution in [1.82, 2.24) is 9.97 Å². The molecule has 2 aromatic heterocycles. The number of aromatic nitrogens is 2. The zero-order chi connectivity index (χ0) is 19.0. The van der Waals surface area contributed by atoms with Crippen molar-refractivity contribution in [3.8, 4) is 0 Å². The molecule has 0 saturated heterocycles. The largest absolute Gasteiger partial charge is 0.324 e. The van der Waals surface area contributed by atoms with Crippen LogP contribution in [0.4, 0.5) is 5.69 Å². The Balaban J connectivity index is 1.58. The molecule has 4 nitrogen and oxygen atoms in total. The average Bonchev–Trinajstić information content (AvgIpc) is 3.01. The number of carbonyl (C=O) groups excluding carboxylic acids is 1. The van der Waals surface area contributed by atoms with E-state index < -0.39 is 0 Å². The molecule has 140 valence electrons. The van der Waals surface area contributed by atoms with Gasteiger partial charge in [0.25, 0.3) is 0 Å². The van der Waals surface area contributed by atoms with E-state index in [-0.39, 0.29) is 11.2 Å². The fourth-order valence-corrected chi connectivity index (χ4v) is 5.90. The zero-order valence-corrected chi connectivity index (χ0v) is 17.5. The van der Waals surface area contributed by atoms with Crippen LogP contribution in [0.1, 0.15) is 30.7 Å². The zero-order valence-electron chi connectivity index (χ0n) is 15.2. The van der Waals surface area contributed by atoms with Gasteiger partial charge in [-0.2, -0.15) is 0 Å². The monoisotopic (exact) mass is 417 g/mol. The van der Waals surface area contributed by atoms with Crippen molar-refractivity contribution in [3.63, 3.8) is 0 Å². The summed E-state index contributed by atoms with van der Waals surface area (Å²) in [5.41, 5.74) is 2.02. The van der Waals surface area contributed by atoms with Gasteiger partial charge in [0, 0.05) is 10.3 Å². The number of benzene rings is 1. The number of nitrogens with one attached hydrogen (secondary N) is 1. The molecule has 1 aliphatic carbocycles. The third-order valence-corrected chi connectivity index (χ3v) is 7.44. The van der Waals surface area contributed by atoms with E-state index in [4.69, 9.17) is 11.6 Å². The SMILES string of the molecule is C[C@H]1CCc2c(sc3ncnc(S[C@@H](C)C(=O)Nc4ccccc4Cl)c23)C1. The van der Waals surface area contributed by atoms with Crippen LogP contribution < -0.4 is 5.32 Å². The summed E-state index contributed by atoms with van der Waals surface area (Å²) in [4.78, 5) is 24.1. The minimum absolute atomic E-state index is 0.0856. The average molecular weight is 418 g/mol. The number of thiophene rings is 1. The van der Waals surface area contributed by atoms with Crippen molar-refractivity contribution < 1.29 is 4.79 Å². The molecule has 27 heavy (non-hydrogen) atoms. The maximum absolute atomic E-state index is 12.6. The molecule has 0 bridgehead atoms. The highest BCUT2D eigenvalue weighted by atomic mass is 35.5. The van der Waals surface area contributed by atoms with E-state index in [1.54, 1.807) is 29.8 Å². The molecule has 0 spiro atoms. The van der Waals surface area contributed by atoms with Gasteiger partial charge in [-0.15, -0.1) is 11.3 Å². The summed E-state index contributed by atoms with van der Waals surface area (Å²) in [6, 6.07) is 7.26. The molecule has 1 aliphatic rings. The number of aryl methyl sites for hydroxylation is 1. The van der Waals surface area contributed by atoms with Crippen molar-refractivity contribution >= 4 is 56.5 Å². The number of thioether (sulfide) groups is 1. The highest BCUT2D eigenvalue weighted by Crippen LogP contribution is 2.41. The molecule has 1 N–H and O–H groups in total. The van der Waals surface area contributed by atoms with E-state index in [1.807, 2.05) is 19.1 Å². The van der Waals surface area contributed by atoms with Gasteiger partial charge in [-0.05, 0) is 49.8 Å². The molecule has 0 saturated carbocycles. The van der Waals surface area contributed by atoms with Crippen LogP contribution in [-0.4, -0.2) is 21.1 Å². The van der Waals surface area contributed by atoms with Crippen molar-refractivity contribution in [2.45, 2.75) is 43.4 Å². The van der Waals surface area contributed by atoms with Crippen LogP contribution in [0.25, 0.3) is 10.2 Å². The van der Waals surface area contributed by atoms with Crippen LogP contribution in [0, 0.1) is 5.92 Å². The summed E-state index contributed by atoms with van der Waals surface area (Å²) in [6.07, 6.45) is 4.98. The van der Waals surface area contributed by atoms with Crippen LogP contribution in [0.3, 0.4) is 0 Å². The molecular formula is C20H20ClN3OS2. The van der Waals surface area contributed by atoms with Crippen molar-refractivity contribution in [3.05, 3.63) is 46.1 Å². The molecule has 0 fully saturated rings. The molecular weight excluding hydrogens is 398 g/mol. The van der Waals surface area contributed by atoms with Crippen LogP contribution in [0.15, 0.2) is 35.6 Å². The topological polar surface area (TPSA) is 54.9 Å². The quantitative estimate of drug-likeness (QED) is 0.444. The van der Waals surface area contributed by atoms with Crippen molar-refractivity contribution in [2.24, 2.45) is 5.92 Å². The van der Waals surface area contributed by atoms with Gasteiger partial charge in [0.05, 0.1) is 16.0 Å². The summed E-state index contributed by atoms with van der Waals surface area (Å²) in [7, 11) is 0. The van der Waals surface area contributed by atoms with Gasteiger partial charge in [-0.1, -0.05) is 42.4 Å². The standard InChI is InChI=1S/C20H20ClN3OS2/c1-11-7-8-13-16(9-11)27-20-17(13)19(22-10-23-20)26-12(2)18(25)24-15-6-4-3-5-14(15)21/h3-6,10-12H,7-9H2,1-2H3,(H,24,25)/t11-,12-/m0/s1. The Hall–Kier alpha value is -1.63. The number of nitrogens with zero attached hydrogens (tertiary/aromatic N) is 2. The number of hydrogen-bond donors (Lipinski definition) is 1. The van der Waals surface area contributed by atoms with Gasteiger partial charge in [0.1, 0.15) is 16.2 Å². The Morgan fingerprint density at radius 1 is 1.37 bits per heavy atom. The number of anilines is 1. The lowest BCUT2D eigenvalue weighted by Crippen LogP contribution is -2.22. The van der Waals surface area contributed by atoms with Crippen LogP contribution in [0.2, 0.25) is 5.02 Å². The molecule has 1 amide bonds. The van der Waals surface area contributed by atoms with Crippen molar-refractivity contribution in [1.29, 1.82) is 0 Å². The van der Waals surface area contributed by atoms with Crippen LogP contribution in [0.5, 0.6) is 0 Å². The Labute approximate surface area is 171 Å². The first-order valence-corrected chi connectivity index (χ1v) is 11.1. The summed E-state index contributed by atoms with van der Waals surface area (Å²) in [5, 5.41) is 5.19. The van der Waals surface area contributed by atoms with E-state index in [0.29, 0.717) is 10.7 Å². The normalized spacial score (nSPS) is 17.5. The third kappa shape index (κ3) is 3.84. The van der Waals surface area contributed by atoms with Gasteiger partial charge in [0.15, 0.2) is 0 Å². The Morgan fingerprint density at radius 2 is 2.19 bits per heavy atom. The second-order valence-corrected chi connectivity index (χ2v) is 9.76. The number of para-hydroxylation sites is 1. The number of rotatable bonds is 4. The number of hydrogen-bond acceptors (Lipinski definition) is 5. The van der Waals surface area contributed by atoms with Gasteiger partial charge < -0.3 is 5.32 Å². The molecule has 0 unspecified atom stereocenters. The fraction of sp³-hybridized carbons (Fsp3) is 0.350. The third-order valence-electron chi connectivity index (χ3n) is 4.85. The van der Waals surface area contributed by atoms with E-state index in [1.165, 1.54) is 28.6 Å². The van der Waals surface area contributed by atoms with Gasteiger partial charge in [0.2, 0.25) is 5.91 Å². The molecule has 2 atom stereocenters. The minimum atomic E-state index is -0.294.